The average Bonchev–Trinajstić information content (AvgIpc) is 2.70. The molecular weight excluding hydrogens is 162 g/mol. The number of hydrogen-bond acceptors (Lipinski definition) is 3. The van der Waals surface area contributed by atoms with E-state index in [4.69, 9.17) is 5.73 Å². The summed E-state index contributed by atoms with van der Waals surface area (Å²) < 4.78 is 0. The summed E-state index contributed by atoms with van der Waals surface area (Å²) in [5.41, 5.74) is 8.08. The standard InChI is InChI=1S/C10H15N3/c11-7-9-8-12-4-3-10(9)13-5-1-2-6-13/h3-4,8H,1-2,5-7,11H2. The van der Waals surface area contributed by atoms with E-state index in [2.05, 4.69) is 16.0 Å². The van der Waals surface area contributed by atoms with Crippen LogP contribution in [0.1, 0.15) is 18.4 Å². The van der Waals surface area contributed by atoms with Gasteiger partial charge in [0.2, 0.25) is 0 Å². The monoisotopic (exact) mass is 177 g/mol. The van der Waals surface area contributed by atoms with E-state index in [0.717, 1.165) is 18.7 Å². The van der Waals surface area contributed by atoms with Gasteiger partial charge < -0.3 is 10.6 Å². The molecule has 1 aliphatic heterocycles. The number of nitrogens with two attached hydrogens (primary N) is 1. The summed E-state index contributed by atoms with van der Waals surface area (Å²) in [6.07, 6.45) is 6.30. The summed E-state index contributed by atoms with van der Waals surface area (Å²) in [5.74, 6) is 0. The van der Waals surface area contributed by atoms with Gasteiger partial charge in [0.25, 0.3) is 0 Å². The highest BCUT2D eigenvalue weighted by Crippen LogP contribution is 2.22. The molecule has 0 saturated carbocycles. The van der Waals surface area contributed by atoms with Crippen molar-refractivity contribution in [3.8, 4) is 0 Å². The SMILES string of the molecule is NCc1cnccc1N1CCCC1. The van der Waals surface area contributed by atoms with Crippen LogP contribution in [-0.2, 0) is 6.54 Å². The molecule has 1 fully saturated rings. The first kappa shape index (κ1) is 8.51. The molecule has 3 nitrogen and oxygen atoms in total. The maximum absolute atomic E-state index is 5.65. The summed E-state index contributed by atoms with van der Waals surface area (Å²) >= 11 is 0. The molecule has 0 bridgehead atoms. The van der Waals surface area contributed by atoms with Crippen LogP contribution in [0, 0.1) is 0 Å². The minimum absolute atomic E-state index is 0.583. The number of rotatable bonds is 2. The molecule has 13 heavy (non-hydrogen) atoms. The van der Waals surface area contributed by atoms with Crippen LogP contribution in [-0.4, -0.2) is 18.1 Å². The van der Waals surface area contributed by atoms with Gasteiger partial charge in [0, 0.05) is 43.3 Å². The highest BCUT2D eigenvalue weighted by molar-refractivity contribution is 5.52. The van der Waals surface area contributed by atoms with Gasteiger partial charge in [0.1, 0.15) is 0 Å². The van der Waals surface area contributed by atoms with Crippen molar-refractivity contribution in [1.82, 2.24) is 4.98 Å². The lowest BCUT2D eigenvalue weighted by molar-refractivity contribution is 0.932. The van der Waals surface area contributed by atoms with Crippen molar-refractivity contribution in [2.24, 2.45) is 5.73 Å². The molecule has 2 rings (SSSR count). The second-order valence-electron chi connectivity index (χ2n) is 3.40. The third kappa shape index (κ3) is 1.65. The van der Waals surface area contributed by atoms with E-state index >= 15 is 0 Å². The molecule has 0 amide bonds. The zero-order valence-electron chi connectivity index (χ0n) is 7.74. The van der Waals surface area contributed by atoms with Crippen molar-refractivity contribution in [2.75, 3.05) is 18.0 Å². The minimum atomic E-state index is 0.583. The predicted molar refractivity (Wildman–Crippen MR) is 53.6 cm³/mol. The van der Waals surface area contributed by atoms with Crippen molar-refractivity contribution in [3.05, 3.63) is 24.0 Å². The van der Waals surface area contributed by atoms with Gasteiger partial charge in [-0.25, -0.2) is 0 Å². The van der Waals surface area contributed by atoms with Crippen LogP contribution in [0.15, 0.2) is 18.5 Å². The Morgan fingerprint density at radius 1 is 1.38 bits per heavy atom. The number of anilines is 1. The number of hydrogen-bond donors (Lipinski definition) is 1. The first-order valence-corrected chi connectivity index (χ1v) is 4.79. The fourth-order valence-corrected chi connectivity index (χ4v) is 1.84. The van der Waals surface area contributed by atoms with E-state index in [1.54, 1.807) is 0 Å². The molecule has 0 radical (unpaired) electrons. The van der Waals surface area contributed by atoms with Gasteiger partial charge in [0.05, 0.1) is 0 Å². The normalized spacial score (nSPS) is 16.5. The number of pyridine rings is 1. The van der Waals surface area contributed by atoms with E-state index in [9.17, 15) is 0 Å². The summed E-state index contributed by atoms with van der Waals surface area (Å²) in [5, 5.41) is 0. The molecule has 1 aliphatic rings. The van der Waals surface area contributed by atoms with Crippen molar-refractivity contribution >= 4 is 5.69 Å². The molecule has 3 heteroatoms. The molecule has 0 atom stereocenters. The molecule has 0 spiro atoms. The summed E-state index contributed by atoms with van der Waals surface area (Å²) in [4.78, 5) is 6.47. The second-order valence-corrected chi connectivity index (χ2v) is 3.40. The Morgan fingerprint density at radius 2 is 2.15 bits per heavy atom. The Bertz CT molecular complexity index is 279. The van der Waals surface area contributed by atoms with Crippen LogP contribution in [0.3, 0.4) is 0 Å². The van der Waals surface area contributed by atoms with Gasteiger partial charge in [0.15, 0.2) is 0 Å². The zero-order chi connectivity index (χ0) is 9.10. The van der Waals surface area contributed by atoms with E-state index in [1.807, 2.05) is 12.4 Å². The lowest BCUT2D eigenvalue weighted by Crippen LogP contribution is -2.20. The minimum Gasteiger partial charge on any atom is -0.371 e. The van der Waals surface area contributed by atoms with Gasteiger partial charge in [-0.2, -0.15) is 0 Å². The van der Waals surface area contributed by atoms with Gasteiger partial charge in [-0.05, 0) is 18.9 Å². The highest BCUT2D eigenvalue weighted by Gasteiger charge is 2.14. The molecule has 2 heterocycles. The van der Waals surface area contributed by atoms with E-state index in [0.29, 0.717) is 6.54 Å². The van der Waals surface area contributed by atoms with Crippen LogP contribution >= 0.6 is 0 Å². The van der Waals surface area contributed by atoms with E-state index in [1.165, 1.54) is 18.5 Å². The van der Waals surface area contributed by atoms with Crippen molar-refractivity contribution in [2.45, 2.75) is 19.4 Å². The fourth-order valence-electron chi connectivity index (χ4n) is 1.84. The maximum Gasteiger partial charge on any atom is 0.0442 e. The maximum atomic E-state index is 5.65. The lowest BCUT2D eigenvalue weighted by Gasteiger charge is -2.20. The quantitative estimate of drug-likeness (QED) is 0.736. The van der Waals surface area contributed by atoms with Crippen molar-refractivity contribution in [3.63, 3.8) is 0 Å². The molecule has 0 aliphatic carbocycles. The molecule has 1 saturated heterocycles. The average molecular weight is 177 g/mol. The number of aromatic nitrogens is 1. The molecule has 0 unspecified atom stereocenters. The second kappa shape index (κ2) is 3.75. The predicted octanol–water partition coefficient (Wildman–Crippen LogP) is 1.14. The largest absolute Gasteiger partial charge is 0.371 e. The first-order valence-electron chi connectivity index (χ1n) is 4.79. The Hall–Kier alpha value is -1.09. The van der Waals surface area contributed by atoms with Crippen LogP contribution < -0.4 is 10.6 Å². The molecule has 1 aromatic rings. The zero-order valence-corrected chi connectivity index (χ0v) is 7.74. The Morgan fingerprint density at radius 3 is 2.85 bits per heavy atom. The van der Waals surface area contributed by atoms with Crippen molar-refractivity contribution < 1.29 is 0 Å². The summed E-state index contributed by atoms with van der Waals surface area (Å²) in [7, 11) is 0. The Kier molecular flexibility index (Phi) is 2.45. The van der Waals surface area contributed by atoms with Crippen LogP contribution in [0.25, 0.3) is 0 Å². The van der Waals surface area contributed by atoms with Crippen LogP contribution in [0.4, 0.5) is 5.69 Å². The van der Waals surface area contributed by atoms with Gasteiger partial charge >= 0.3 is 0 Å². The van der Waals surface area contributed by atoms with Crippen molar-refractivity contribution in [1.29, 1.82) is 0 Å². The Labute approximate surface area is 78.6 Å². The molecule has 70 valence electrons. The molecule has 1 aromatic heterocycles. The van der Waals surface area contributed by atoms with E-state index < -0.39 is 0 Å². The first-order chi connectivity index (χ1) is 6.42. The topological polar surface area (TPSA) is 42.1 Å². The number of nitrogens with zero attached hydrogens (tertiary/aromatic N) is 2. The fraction of sp³-hybridized carbons (Fsp3) is 0.500. The highest BCUT2D eigenvalue weighted by atomic mass is 15.1. The van der Waals surface area contributed by atoms with Gasteiger partial charge in [-0.15, -0.1) is 0 Å². The Balaban J connectivity index is 2.26. The van der Waals surface area contributed by atoms with Crippen LogP contribution in [0.2, 0.25) is 0 Å². The lowest BCUT2D eigenvalue weighted by atomic mass is 10.2. The van der Waals surface area contributed by atoms with Gasteiger partial charge in [-0.1, -0.05) is 0 Å². The summed E-state index contributed by atoms with van der Waals surface area (Å²) in [6, 6.07) is 2.06. The van der Waals surface area contributed by atoms with E-state index in [-0.39, 0.29) is 0 Å². The third-order valence-electron chi connectivity index (χ3n) is 2.54. The molecular formula is C10H15N3. The third-order valence-corrected chi connectivity index (χ3v) is 2.54. The molecule has 0 aromatic carbocycles. The molecule has 2 N–H and O–H groups in total. The summed E-state index contributed by atoms with van der Waals surface area (Å²) in [6.45, 7) is 2.91. The van der Waals surface area contributed by atoms with Gasteiger partial charge in [-0.3, -0.25) is 4.98 Å². The van der Waals surface area contributed by atoms with Crippen LogP contribution in [0.5, 0.6) is 0 Å². The smallest absolute Gasteiger partial charge is 0.0442 e.